The summed E-state index contributed by atoms with van der Waals surface area (Å²) in [5, 5.41) is 3.72. The van der Waals surface area contributed by atoms with E-state index in [1.807, 2.05) is 0 Å². The first-order valence-electron chi connectivity index (χ1n) is 7.79. The lowest BCUT2D eigenvalue weighted by atomic mass is 10.00. The van der Waals surface area contributed by atoms with E-state index in [9.17, 15) is 0 Å². The average Bonchev–Trinajstić information content (AvgIpc) is 2.55. The number of thioether (sulfide) groups is 1. The van der Waals surface area contributed by atoms with Crippen LogP contribution in [0.25, 0.3) is 0 Å². The summed E-state index contributed by atoms with van der Waals surface area (Å²) in [6.45, 7) is 2.26. The molecule has 0 heterocycles. The molecule has 0 saturated heterocycles. The molecule has 0 aliphatic heterocycles. The molecule has 21 heavy (non-hydrogen) atoms. The number of rotatable bonds is 8. The normalized spacial score (nSPS) is 12.1. The monoisotopic (exact) mass is 299 g/mol. The third kappa shape index (κ3) is 5.13. The summed E-state index contributed by atoms with van der Waals surface area (Å²) in [5.41, 5.74) is 2.59. The van der Waals surface area contributed by atoms with Crippen LogP contribution in [0.2, 0.25) is 0 Å². The van der Waals surface area contributed by atoms with E-state index in [2.05, 4.69) is 73.1 Å². The van der Waals surface area contributed by atoms with Crippen molar-refractivity contribution in [1.82, 2.24) is 0 Å². The highest BCUT2D eigenvalue weighted by Gasteiger charge is 2.10. The van der Waals surface area contributed by atoms with Crippen molar-refractivity contribution >= 4 is 17.4 Å². The topological polar surface area (TPSA) is 12.0 Å². The molecule has 1 nitrogen and oxygen atoms in total. The number of hydrogen-bond donors (Lipinski definition) is 1. The van der Waals surface area contributed by atoms with Gasteiger partial charge in [-0.1, -0.05) is 62.6 Å². The van der Waals surface area contributed by atoms with E-state index in [4.69, 9.17) is 0 Å². The van der Waals surface area contributed by atoms with Crippen LogP contribution in [0.15, 0.2) is 59.5 Å². The number of anilines is 1. The fraction of sp³-hybridized carbons (Fsp3) is 0.368. The molecule has 0 fully saturated rings. The van der Waals surface area contributed by atoms with Crippen molar-refractivity contribution in [1.29, 1.82) is 0 Å². The first kappa shape index (κ1) is 16.0. The van der Waals surface area contributed by atoms with Gasteiger partial charge in [-0.2, -0.15) is 0 Å². The molecule has 0 aliphatic rings. The average molecular weight is 299 g/mol. The van der Waals surface area contributed by atoms with E-state index in [-0.39, 0.29) is 0 Å². The van der Waals surface area contributed by atoms with Gasteiger partial charge in [-0.15, -0.1) is 11.8 Å². The summed E-state index contributed by atoms with van der Waals surface area (Å²) < 4.78 is 0. The van der Waals surface area contributed by atoms with E-state index >= 15 is 0 Å². The summed E-state index contributed by atoms with van der Waals surface area (Å²) in [5.74, 6) is 0. The number of benzene rings is 2. The van der Waals surface area contributed by atoms with Crippen LogP contribution in [-0.2, 0) is 0 Å². The van der Waals surface area contributed by atoms with Crippen LogP contribution in [0.5, 0.6) is 0 Å². The zero-order valence-corrected chi connectivity index (χ0v) is 13.8. The molecule has 2 heteroatoms. The maximum absolute atomic E-state index is 3.72. The van der Waals surface area contributed by atoms with E-state index < -0.39 is 0 Å². The fourth-order valence-electron chi connectivity index (χ4n) is 2.52. The molecule has 1 N–H and O–H groups in total. The van der Waals surface area contributed by atoms with Gasteiger partial charge in [0.2, 0.25) is 0 Å². The Bertz CT molecular complexity index is 524. The lowest BCUT2D eigenvalue weighted by molar-refractivity contribution is 0.606. The van der Waals surface area contributed by atoms with Crippen LogP contribution < -0.4 is 5.32 Å². The van der Waals surface area contributed by atoms with E-state index in [0.29, 0.717) is 6.04 Å². The number of hydrogen-bond acceptors (Lipinski definition) is 2. The molecule has 2 aromatic carbocycles. The summed E-state index contributed by atoms with van der Waals surface area (Å²) in [7, 11) is 0. The zero-order valence-electron chi connectivity index (χ0n) is 13.0. The van der Waals surface area contributed by atoms with Crippen molar-refractivity contribution in [3.8, 4) is 0 Å². The van der Waals surface area contributed by atoms with Gasteiger partial charge in [0.25, 0.3) is 0 Å². The molecule has 0 aromatic heterocycles. The quantitative estimate of drug-likeness (QED) is 0.464. The van der Waals surface area contributed by atoms with Crippen molar-refractivity contribution in [3.05, 3.63) is 60.2 Å². The predicted octanol–water partition coefficient (Wildman–Crippen LogP) is 6.14. The van der Waals surface area contributed by atoms with Crippen molar-refractivity contribution < 1.29 is 0 Å². The van der Waals surface area contributed by atoms with Gasteiger partial charge in [0, 0.05) is 10.6 Å². The van der Waals surface area contributed by atoms with Gasteiger partial charge >= 0.3 is 0 Å². The van der Waals surface area contributed by atoms with Gasteiger partial charge in [0.1, 0.15) is 0 Å². The maximum atomic E-state index is 3.72. The standard InChI is InChI=1S/C19H25NS/c1-3-4-6-14-19(16-10-7-5-8-11-16)20-17-12-9-13-18(15-17)21-2/h5,7-13,15,19-20H,3-4,6,14H2,1-2H3. The van der Waals surface area contributed by atoms with Gasteiger partial charge < -0.3 is 5.32 Å². The van der Waals surface area contributed by atoms with Gasteiger partial charge in [-0.25, -0.2) is 0 Å². The lowest BCUT2D eigenvalue weighted by Crippen LogP contribution is -2.10. The maximum Gasteiger partial charge on any atom is 0.0513 e. The van der Waals surface area contributed by atoms with Crippen LogP contribution in [-0.4, -0.2) is 6.26 Å². The Hall–Kier alpha value is -1.41. The second kappa shape index (κ2) is 8.78. The Balaban J connectivity index is 2.11. The highest BCUT2D eigenvalue weighted by atomic mass is 32.2. The Labute approximate surface area is 133 Å². The Morgan fingerprint density at radius 2 is 1.81 bits per heavy atom. The molecule has 0 saturated carbocycles. The van der Waals surface area contributed by atoms with E-state index in [1.165, 1.54) is 41.8 Å². The van der Waals surface area contributed by atoms with E-state index in [0.717, 1.165) is 0 Å². The van der Waals surface area contributed by atoms with Crippen LogP contribution in [0, 0.1) is 0 Å². The molecule has 0 amide bonds. The largest absolute Gasteiger partial charge is 0.378 e. The minimum atomic E-state index is 0.398. The van der Waals surface area contributed by atoms with Gasteiger partial charge in [-0.3, -0.25) is 0 Å². The second-order valence-corrected chi connectivity index (χ2v) is 6.21. The lowest BCUT2D eigenvalue weighted by Gasteiger charge is -2.21. The Morgan fingerprint density at radius 1 is 1.00 bits per heavy atom. The minimum Gasteiger partial charge on any atom is -0.378 e. The summed E-state index contributed by atoms with van der Waals surface area (Å²) >= 11 is 1.79. The molecule has 2 aromatic rings. The molecule has 0 bridgehead atoms. The third-order valence-electron chi connectivity index (χ3n) is 3.71. The first-order chi connectivity index (χ1) is 10.3. The molecule has 1 atom stereocenters. The molecule has 112 valence electrons. The molecule has 2 rings (SSSR count). The second-order valence-electron chi connectivity index (χ2n) is 5.34. The molecule has 0 radical (unpaired) electrons. The Morgan fingerprint density at radius 3 is 2.52 bits per heavy atom. The van der Waals surface area contributed by atoms with E-state index in [1.54, 1.807) is 11.8 Å². The highest BCUT2D eigenvalue weighted by molar-refractivity contribution is 7.98. The van der Waals surface area contributed by atoms with Gasteiger partial charge in [-0.05, 0) is 36.4 Å². The fourth-order valence-corrected chi connectivity index (χ4v) is 2.98. The number of unbranched alkanes of at least 4 members (excludes halogenated alkanes) is 2. The van der Waals surface area contributed by atoms with Crippen molar-refractivity contribution in [3.63, 3.8) is 0 Å². The van der Waals surface area contributed by atoms with Crippen LogP contribution >= 0.6 is 11.8 Å². The van der Waals surface area contributed by atoms with Gasteiger partial charge in [0.05, 0.1) is 6.04 Å². The molecule has 0 spiro atoms. The Kier molecular flexibility index (Phi) is 6.68. The van der Waals surface area contributed by atoms with Crippen molar-refractivity contribution in [2.75, 3.05) is 11.6 Å². The van der Waals surface area contributed by atoms with Crippen LogP contribution in [0.3, 0.4) is 0 Å². The molecular formula is C19H25NS. The third-order valence-corrected chi connectivity index (χ3v) is 4.43. The summed E-state index contributed by atoms with van der Waals surface area (Å²) in [6, 6.07) is 19.9. The van der Waals surface area contributed by atoms with Crippen LogP contribution in [0.1, 0.15) is 44.2 Å². The minimum absolute atomic E-state index is 0.398. The predicted molar refractivity (Wildman–Crippen MR) is 95.2 cm³/mol. The molecular weight excluding hydrogens is 274 g/mol. The molecule has 0 aliphatic carbocycles. The SMILES string of the molecule is CCCCCC(Nc1cccc(SC)c1)c1ccccc1. The smallest absolute Gasteiger partial charge is 0.0513 e. The zero-order chi connectivity index (χ0) is 14.9. The van der Waals surface area contributed by atoms with Gasteiger partial charge in [0.15, 0.2) is 0 Å². The summed E-state index contributed by atoms with van der Waals surface area (Å²) in [4.78, 5) is 1.31. The van der Waals surface area contributed by atoms with Crippen molar-refractivity contribution in [2.24, 2.45) is 0 Å². The highest BCUT2D eigenvalue weighted by Crippen LogP contribution is 2.27. The van der Waals surface area contributed by atoms with Crippen LogP contribution in [0.4, 0.5) is 5.69 Å². The first-order valence-corrected chi connectivity index (χ1v) is 9.01. The van der Waals surface area contributed by atoms with Crippen molar-refractivity contribution in [2.45, 2.75) is 43.5 Å². The molecule has 1 unspecified atom stereocenters. The number of nitrogens with one attached hydrogen (secondary N) is 1. The summed E-state index contributed by atoms with van der Waals surface area (Å²) in [6.07, 6.45) is 7.14.